The number of hydrogen-bond acceptors (Lipinski definition) is 6. The second kappa shape index (κ2) is 6.67. The van der Waals surface area contributed by atoms with E-state index in [4.69, 9.17) is 15.2 Å². The number of ether oxygens (including phenoxy) is 2. The number of benzene rings is 1. The first kappa shape index (κ1) is 16.5. The Labute approximate surface area is 144 Å². The number of allylic oxidation sites excluding steroid dienone is 1. The van der Waals surface area contributed by atoms with Crippen molar-refractivity contribution in [3.63, 3.8) is 0 Å². The summed E-state index contributed by atoms with van der Waals surface area (Å²) in [5, 5.41) is 19.3. The monoisotopic (exact) mass is 339 g/mol. The van der Waals surface area contributed by atoms with Gasteiger partial charge < -0.3 is 20.5 Å². The summed E-state index contributed by atoms with van der Waals surface area (Å²) >= 11 is 0. The lowest BCUT2D eigenvalue weighted by atomic mass is 9.84. The van der Waals surface area contributed by atoms with Crippen molar-refractivity contribution in [2.75, 3.05) is 12.4 Å². The maximum absolute atomic E-state index is 11.2. The molecule has 25 heavy (non-hydrogen) atoms. The molecule has 0 bridgehead atoms. The molecule has 0 unspecified atom stereocenters. The number of fused-ring (bicyclic) bond motifs is 1. The fourth-order valence-corrected chi connectivity index (χ4v) is 2.86. The summed E-state index contributed by atoms with van der Waals surface area (Å²) in [6.45, 7) is 1.74. The van der Waals surface area contributed by atoms with Gasteiger partial charge in [-0.15, -0.1) is 5.10 Å². The minimum atomic E-state index is -0.427. The van der Waals surface area contributed by atoms with Crippen molar-refractivity contribution < 1.29 is 14.3 Å². The highest BCUT2D eigenvalue weighted by atomic mass is 16.5. The van der Waals surface area contributed by atoms with Gasteiger partial charge in [-0.2, -0.15) is 5.26 Å². The molecule has 1 aliphatic heterocycles. The van der Waals surface area contributed by atoms with Crippen LogP contribution in [0, 0.1) is 11.3 Å². The Morgan fingerprint density at radius 2 is 2.20 bits per heavy atom. The quantitative estimate of drug-likeness (QED) is 0.779. The number of nitrogens with one attached hydrogen (secondary N) is 2. The molecule has 0 fully saturated rings. The van der Waals surface area contributed by atoms with Crippen LogP contribution in [0.2, 0.25) is 0 Å². The van der Waals surface area contributed by atoms with Crippen LogP contribution in [0.3, 0.4) is 0 Å². The number of H-pyrrole nitrogens is 1. The molecule has 0 spiro atoms. The number of aromatic amines is 1. The van der Waals surface area contributed by atoms with Crippen molar-refractivity contribution in [1.82, 2.24) is 10.2 Å². The number of nitrogens with zero attached hydrogens (tertiary/aromatic N) is 2. The number of carbonyl (C=O) groups is 1. The number of aromatic nitrogens is 2. The van der Waals surface area contributed by atoms with E-state index in [0.717, 1.165) is 11.1 Å². The van der Waals surface area contributed by atoms with Crippen molar-refractivity contribution in [1.29, 1.82) is 5.26 Å². The van der Waals surface area contributed by atoms with Gasteiger partial charge in [0.25, 0.3) is 0 Å². The Morgan fingerprint density at radius 3 is 2.80 bits per heavy atom. The van der Waals surface area contributed by atoms with Gasteiger partial charge in [-0.25, -0.2) is 0 Å². The van der Waals surface area contributed by atoms with Crippen LogP contribution in [0.5, 0.6) is 5.88 Å². The summed E-state index contributed by atoms with van der Waals surface area (Å²) < 4.78 is 10.7. The van der Waals surface area contributed by atoms with Gasteiger partial charge in [-0.3, -0.25) is 9.89 Å². The SMILES string of the molecule is COCc1[nH]nc2c1[C@H](c1ccc(NC(C)=O)cc1)C(C#N)=C(N)O2. The van der Waals surface area contributed by atoms with E-state index in [9.17, 15) is 10.1 Å². The molecule has 1 aromatic carbocycles. The van der Waals surface area contributed by atoms with Gasteiger partial charge in [0.2, 0.25) is 17.7 Å². The zero-order chi connectivity index (χ0) is 18.0. The van der Waals surface area contributed by atoms with E-state index in [1.165, 1.54) is 6.92 Å². The lowest BCUT2D eigenvalue weighted by Gasteiger charge is -2.24. The molecule has 8 heteroatoms. The summed E-state index contributed by atoms with van der Waals surface area (Å²) in [6, 6.07) is 9.33. The summed E-state index contributed by atoms with van der Waals surface area (Å²) in [6.07, 6.45) is 0. The average Bonchev–Trinajstić information content (AvgIpc) is 2.96. The third-order valence-corrected chi connectivity index (χ3v) is 3.87. The molecule has 2 heterocycles. The van der Waals surface area contributed by atoms with E-state index >= 15 is 0 Å². The van der Waals surface area contributed by atoms with Crippen LogP contribution in [-0.2, 0) is 16.1 Å². The first-order valence-corrected chi connectivity index (χ1v) is 7.56. The van der Waals surface area contributed by atoms with Crippen LogP contribution in [-0.4, -0.2) is 23.2 Å². The second-order valence-electron chi connectivity index (χ2n) is 5.58. The summed E-state index contributed by atoms with van der Waals surface area (Å²) in [7, 11) is 1.57. The Hall–Kier alpha value is -3.31. The van der Waals surface area contributed by atoms with Crippen molar-refractivity contribution in [3.8, 4) is 11.9 Å². The van der Waals surface area contributed by atoms with Crippen LogP contribution >= 0.6 is 0 Å². The van der Waals surface area contributed by atoms with E-state index in [1.807, 2.05) is 12.1 Å². The fourth-order valence-electron chi connectivity index (χ4n) is 2.86. The molecule has 3 rings (SSSR count). The molecule has 0 radical (unpaired) electrons. The molecule has 128 valence electrons. The second-order valence-corrected chi connectivity index (χ2v) is 5.58. The molecule has 0 saturated heterocycles. The highest BCUT2D eigenvalue weighted by Crippen LogP contribution is 2.43. The van der Waals surface area contributed by atoms with Crippen molar-refractivity contribution >= 4 is 11.6 Å². The molecule has 1 aliphatic rings. The van der Waals surface area contributed by atoms with Crippen LogP contribution < -0.4 is 15.8 Å². The molecule has 0 saturated carbocycles. The van der Waals surface area contributed by atoms with Gasteiger partial charge >= 0.3 is 0 Å². The number of carbonyl (C=O) groups excluding carboxylic acids is 1. The highest BCUT2D eigenvalue weighted by molar-refractivity contribution is 5.88. The van der Waals surface area contributed by atoms with Gasteiger partial charge in [0.05, 0.1) is 23.8 Å². The van der Waals surface area contributed by atoms with Crippen LogP contribution in [0.4, 0.5) is 5.69 Å². The summed E-state index contributed by atoms with van der Waals surface area (Å²) in [5.74, 6) is -0.218. The largest absolute Gasteiger partial charge is 0.420 e. The number of nitriles is 1. The molecular formula is C17H17N5O3. The van der Waals surface area contributed by atoms with E-state index in [-0.39, 0.29) is 11.8 Å². The van der Waals surface area contributed by atoms with Crippen LogP contribution in [0.25, 0.3) is 0 Å². The van der Waals surface area contributed by atoms with E-state index in [2.05, 4.69) is 21.6 Å². The van der Waals surface area contributed by atoms with E-state index in [0.29, 0.717) is 29.4 Å². The fraction of sp³-hybridized carbons (Fsp3) is 0.235. The van der Waals surface area contributed by atoms with Crippen molar-refractivity contribution in [3.05, 3.63) is 52.5 Å². The third kappa shape index (κ3) is 3.05. The molecule has 4 N–H and O–H groups in total. The van der Waals surface area contributed by atoms with Crippen molar-refractivity contribution in [2.24, 2.45) is 5.73 Å². The van der Waals surface area contributed by atoms with Gasteiger partial charge in [0, 0.05) is 19.7 Å². The van der Waals surface area contributed by atoms with Gasteiger partial charge in [0.15, 0.2) is 0 Å². The smallest absolute Gasteiger partial charge is 0.244 e. The minimum Gasteiger partial charge on any atom is -0.420 e. The Kier molecular flexibility index (Phi) is 4.41. The van der Waals surface area contributed by atoms with E-state index < -0.39 is 5.92 Å². The lowest BCUT2D eigenvalue weighted by molar-refractivity contribution is -0.114. The Bertz CT molecular complexity index is 877. The topological polar surface area (TPSA) is 126 Å². The average molecular weight is 339 g/mol. The number of nitrogens with two attached hydrogens (primary N) is 1. The van der Waals surface area contributed by atoms with Gasteiger partial charge in [-0.1, -0.05) is 12.1 Å². The maximum atomic E-state index is 11.2. The number of amides is 1. The number of rotatable bonds is 4. The lowest BCUT2D eigenvalue weighted by Crippen LogP contribution is -2.21. The Morgan fingerprint density at radius 1 is 1.48 bits per heavy atom. The predicted octanol–water partition coefficient (Wildman–Crippen LogP) is 1.73. The molecule has 0 aliphatic carbocycles. The molecule has 8 nitrogen and oxygen atoms in total. The predicted molar refractivity (Wildman–Crippen MR) is 89.3 cm³/mol. The maximum Gasteiger partial charge on any atom is 0.244 e. The van der Waals surface area contributed by atoms with Crippen LogP contribution in [0.15, 0.2) is 35.7 Å². The normalized spacial score (nSPS) is 16.0. The molecular weight excluding hydrogens is 322 g/mol. The highest BCUT2D eigenvalue weighted by Gasteiger charge is 2.35. The summed E-state index contributed by atoms with van der Waals surface area (Å²) in [5.41, 5.74) is 9.15. The van der Waals surface area contributed by atoms with Crippen LogP contribution in [0.1, 0.15) is 29.7 Å². The van der Waals surface area contributed by atoms with Crippen molar-refractivity contribution in [2.45, 2.75) is 19.4 Å². The molecule has 1 atom stereocenters. The van der Waals surface area contributed by atoms with Gasteiger partial charge in [0.1, 0.15) is 11.6 Å². The molecule has 1 amide bonds. The number of methoxy groups -OCH3 is 1. The molecule has 2 aromatic rings. The standard InChI is InChI=1S/C17H17N5O3/c1-9(23)20-11-5-3-10(4-6-11)14-12(7-18)16(19)25-17-15(14)13(8-24-2)21-22-17/h3-6,14H,8,19H2,1-2H3,(H,20,23)(H,21,22)/t14-/m1/s1. The molecule has 1 aromatic heterocycles. The Balaban J connectivity index is 2.08. The first-order valence-electron chi connectivity index (χ1n) is 7.56. The number of anilines is 1. The first-order chi connectivity index (χ1) is 12.0. The van der Waals surface area contributed by atoms with E-state index in [1.54, 1.807) is 19.2 Å². The number of hydrogen-bond donors (Lipinski definition) is 3. The van der Waals surface area contributed by atoms with Gasteiger partial charge in [-0.05, 0) is 17.7 Å². The summed E-state index contributed by atoms with van der Waals surface area (Å²) in [4.78, 5) is 11.2. The minimum absolute atomic E-state index is 0.0291. The zero-order valence-electron chi connectivity index (χ0n) is 13.8. The zero-order valence-corrected chi connectivity index (χ0v) is 13.8. The third-order valence-electron chi connectivity index (χ3n) is 3.87.